The second kappa shape index (κ2) is 8.57. The largest absolute Gasteiger partial charge is 0.495 e. The van der Waals surface area contributed by atoms with Gasteiger partial charge in [-0.25, -0.2) is 9.97 Å². The summed E-state index contributed by atoms with van der Waals surface area (Å²) in [5.41, 5.74) is 3.96. The average Bonchev–Trinajstić information content (AvgIpc) is 3.47. The van der Waals surface area contributed by atoms with E-state index in [1.165, 1.54) is 10.4 Å². The standard InChI is InChI=1S/C26H29N5O3S/c1-15-13-34-7-6-31(15)25(32)26(2)5-4-18-21(10-26)35-24-22(18)23(28-14-29-24)30-19-8-16-11-27-12-17(16)9-20(19)33-3/h8-9,11,14-15H,4-7,10,12-13H2,1-3H3,(H,28,29,30)/t15-,26-/m1/s1. The first-order valence-corrected chi connectivity index (χ1v) is 12.9. The van der Waals surface area contributed by atoms with E-state index in [-0.39, 0.29) is 11.9 Å². The van der Waals surface area contributed by atoms with E-state index in [1.807, 2.05) is 17.2 Å². The number of amides is 1. The minimum absolute atomic E-state index is 0.117. The molecular formula is C26H29N5O3S. The Bertz CT molecular complexity index is 1350. The normalized spacial score (nSPS) is 23.3. The molecule has 8 nitrogen and oxygen atoms in total. The van der Waals surface area contributed by atoms with Crippen LogP contribution in [-0.4, -0.2) is 59.9 Å². The number of hydrogen-bond acceptors (Lipinski definition) is 8. The first kappa shape index (κ1) is 22.4. The average molecular weight is 492 g/mol. The molecule has 3 aromatic rings. The highest BCUT2D eigenvalue weighted by Crippen LogP contribution is 2.46. The van der Waals surface area contributed by atoms with Crippen molar-refractivity contribution in [3.63, 3.8) is 0 Å². The summed E-state index contributed by atoms with van der Waals surface area (Å²) in [4.78, 5) is 31.4. The summed E-state index contributed by atoms with van der Waals surface area (Å²) in [6.45, 7) is 6.76. The number of ether oxygens (including phenoxy) is 2. The maximum Gasteiger partial charge on any atom is 0.229 e. The predicted octanol–water partition coefficient (Wildman–Crippen LogP) is 4.12. The van der Waals surface area contributed by atoms with Gasteiger partial charge in [-0.3, -0.25) is 9.79 Å². The monoisotopic (exact) mass is 491 g/mol. The third-order valence-electron chi connectivity index (χ3n) is 7.50. The molecule has 0 spiro atoms. The zero-order valence-corrected chi connectivity index (χ0v) is 21.1. The lowest BCUT2D eigenvalue weighted by Gasteiger charge is -2.41. The van der Waals surface area contributed by atoms with Crippen molar-refractivity contribution < 1.29 is 14.3 Å². The molecule has 0 bridgehead atoms. The van der Waals surface area contributed by atoms with Crippen molar-refractivity contribution in [2.45, 2.75) is 45.7 Å². The molecule has 35 heavy (non-hydrogen) atoms. The van der Waals surface area contributed by atoms with Crippen LogP contribution in [0.15, 0.2) is 23.5 Å². The van der Waals surface area contributed by atoms with Crippen LogP contribution >= 0.6 is 11.3 Å². The van der Waals surface area contributed by atoms with Crippen LogP contribution in [0.4, 0.5) is 11.5 Å². The molecule has 9 heteroatoms. The Kier molecular flexibility index (Phi) is 5.49. The molecule has 1 aliphatic carbocycles. The number of carbonyl (C=O) groups is 1. The molecule has 1 N–H and O–H groups in total. The van der Waals surface area contributed by atoms with Crippen molar-refractivity contribution >= 4 is 45.2 Å². The molecule has 1 saturated heterocycles. The number of rotatable bonds is 4. The molecule has 1 fully saturated rings. The van der Waals surface area contributed by atoms with E-state index in [2.05, 4.69) is 40.2 Å². The van der Waals surface area contributed by atoms with Gasteiger partial charge < -0.3 is 19.7 Å². The van der Waals surface area contributed by atoms with Crippen molar-refractivity contribution in [2.75, 3.05) is 32.2 Å². The number of nitrogens with one attached hydrogen (secondary N) is 1. The van der Waals surface area contributed by atoms with Gasteiger partial charge in [0, 0.05) is 17.6 Å². The first-order chi connectivity index (χ1) is 17.0. The van der Waals surface area contributed by atoms with E-state index in [9.17, 15) is 4.79 Å². The van der Waals surface area contributed by atoms with E-state index < -0.39 is 5.41 Å². The molecule has 2 atom stereocenters. The van der Waals surface area contributed by atoms with Gasteiger partial charge in [0.1, 0.15) is 22.7 Å². The second-order valence-corrected chi connectivity index (χ2v) is 11.0. The number of aryl methyl sites for hydroxylation is 1. The number of aromatic nitrogens is 2. The van der Waals surface area contributed by atoms with Crippen LogP contribution in [0, 0.1) is 5.41 Å². The summed E-state index contributed by atoms with van der Waals surface area (Å²) >= 11 is 1.68. The number of carbonyl (C=O) groups excluding carboxylic acids is 1. The summed E-state index contributed by atoms with van der Waals surface area (Å²) in [6, 6.07) is 4.22. The smallest absolute Gasteiger partial charge is 0.229 e. The molecule has 1 aromatic carbocycles. The maximum atomic E-state index is 13.6. The molecule has 4 heterocycles. The molecule has 3 aliphatic rings. The Morgan fingerprint density at radius 2 is 2.23 bits per heavy atom. The Morgan fingerprint density at radius 3 is 3.06 bits per heavy atom. The highest BCUT2D eigenvalue weighted by molar-refractivity contribution is 7.19. The topological polar surface area (TPSA) is 88.9 Å². The summed E-state index contributed by atoms with van der Waals surface area (Å²) < 4.78 is 11.2. The van der Waals surface area contributed by atoms with Crippen LogP contribution in [0.5, 0.6) is 5.75 Å². The highest BCUT2D eigenvalue weighted by Gasteiger charge is 2.42. The lowest BCUT2D eigenvalue weighted by molar-refractivity contribution is -0.150. The fourth-order valence-electron chi connectivity index (χ4n) is 5.47. The SMILES string of the molecule is COc1cc2c(cc1Nc1ncnc3sc4c(c13)CC[C@@](C)(C(=O)N1CCOC[C@H]1C)C4)C=NC2. The number of fused-ring (bicyclic) bond motifs is 4. The molecule has 0 radical (unpaired) electrons. The van der Waals surface area contributed by atoms with E-state index in [1.54, 1.807) is 24.8 Å². The minimum Gasteiger partial charge on any atom is -0.495 e. The first-order valence-electron chi connectivity index (χ1n) is 12.1. The van der Waals surface area contributed by atoms with Crippen molar-refractivity contribution in [2.24, 2.45) is 10.4 Å². The van der Waals surface area contributed by atoms with Gasteiger partial charge in [-0.2, -0.15) is 0 Å². The zero-order valence-electron chi connectivity index (χ0n) is 20.3. The zero-order chi connectivity index (χ0) is 24.2. The number of morpholine rings is 1. The number of anilines is 2. The molecule has 182 valence electrons. The van der Waals surface area contributed by atoms with Gasteiger partial charge in [0.25, 0.3) is 0 Å². The molecule has 0 unspecified atom stereocenters. The van der Waals surface area contributed by atoms with Gasteiger partial charge in [-0.1, -0.05) is 6.92 Å². The molecule has 2 aliphatic heterocycles. The van der Waals surface area contributed by atoms with Gasteiger partial charge in [-0.05, 0) is 55.0 Å². The number of benzene rings is 1. The van der Waals surface area contributed by atoms with Gasteiger partial charge in [-0.15, -0.1) is 11.3 Å². The highest BCUT2D eigenvalue weighted by atomic mass is 32.1. The number of methoxy groups -OCH3 is 1. The Balaban J connectivity index is 1.34. The molecule has 2 aromatic heterocycles. The summed E-state index contributed by atoms with van der Waals surface area (Å²) in [5.74, 6) is 1.78. The van der Waals surface area contributed by atoms with E-state index in [0.29, 0.717) is 26.3 Å². The van der Waals surface area contributed by atoms with Gasteiger partial charge in [0.2, 0.25) is 5.91 Å². The minimum atomic E-state index is -0.414. The van der Waals surface area contributed by atoms with Gasteiger partial charge >= 0.3 is 0 Å². The number of hydrogen-bond donors (Lipinski definition) is 1. The van der Waals surface area contributed by atoms with Crippen LogP contribution in [0.25, 0.3) is 10.2 Å². The Morgan fingerprint density at radius 1 is 1.34 bits per heavy atom. The quantitative estimate of drug-likeness (QED) is 0.591. The Hall–Kier alpha value is -3.04. The third-order valence-corrected chi connectivity index (χ3v) is 8.64. The van der Waals surface area contributed by atoms with Gasteiger partial charge in [0.15, 0.2) is 0 Å². The molecular weight excluding hydrogens is 462 g/mol. The van der Waals surface area contributed by atoms with E-state index >= 15 is 0 Å². The molecule has 6 rings (SSSR count). The second-order valence-electron chi connectivity index (χ2n) is 9.91. The number of nitrogens with zero attached hydrogens (tertiary/aromatic N) is 4. The van der Waals surface area contributed by atoms with Crippen LogP contribution < -0.4 is 10.1 Å². The third kappa shape index (κ3) is 3.77. The number of thiophene rings is 1. The molecule has 1 amide bonds. The van der Waals surface area contributed by atoms with Crippen molar-refractivity contribution in [1.82, 2.24) is 14.9 Å². The Labute approximate surface area is 208 Å². The molecule has 0 saturated carbocycles. The predicted molar refractivity (Wildman–Crippen MR) is 137 cm³/mol. The summed E-state index contributed by atoms with van der Waals surface area (Å²) in [5, 5.41) is 4.57. The maximum absolute atomic E-state index is 13.6. The van der Waals surface area contributed by atoms with Crippen LogP contribution in [0.2, 0.25) is 0 Å². The van der Waals surface area contributed by atoms with Gasteiger partial charge in [0.05, 0.1) is 49.4 Å². The summed E-state index contributed by atoms with van der Waals surface area (Å²) in [7, 11) is 1.68. The van der Waals surface area contributed by atoms with E-state index in [0.717, 1.165) is 57.9 Å². The lowest BCUT2D eigenvalue weighted by Crippen LogP contribution is -2.53. The van der Waals surface area contributed by atoms with Crippen molar-refractivity contribution in [3.05, 3.63) is 40.0 Å². The van der Waals surface area contributed by atoms with E-state index in [4.69, 9.17) is 9.47 Å². The van der Waals surface area contributed by atoms with Crippen molar-refractivity contribution in [3.8, 4) is 5.75 Å². The fourth-order valence-corrected chi connectivity index (χ4v) is 6.85. The number of aliphatic imine (C=N–C) groups is 1. The van der Waals surface area contributed by atoms with Crippen LogP contribution in [-0.2, 0) is 28.9 Å². The summed E-state index contributed by atoms with van der Waals surface area (Å²) in [6.07, 6.45) is 5.86. The van der Waals surface area contributed by atoms with Crippen molar-refractivity contribution in [1.29, 1.82) is 0 Å². The van der Waals surface area contributed by atoms with Crippen LogP contribution in [0.1, 0.15) is 41.8 Å². The lowest BCUT2D eigenvalue weighted by atomic mass is 9.74. The van der Waals surface area contributed by atoms with Crippen LogP contribution in [0.3, 0.4) is 0 Å². The fraction of sp³-hybridized carbons (Fsp3) is 0.462.